The van der Waals surface area contributed by atoms with Gasteiger partial charge in [-0.1, -0.05) is 13.8 Å². The van der Waals surface area contributed by atoms with Crippen LogP contribution in [-0.4, -0.2) is 38.2 Å². The standard InChI is InChI=1S/C20H26N4O3/c1-5-23-16-7-14(4)27-19(16)15-8-21-24(20(26)18(15)23)11-17(25)22-9-12(2)6-13(3)10-22/h7-8,12-13H,5-6,9-11H2,1-4H3/t12-,13+. The first kappa shape index (κ1) is 17.8. The lowest BCUT2D eigenvalue weighted by Crippen LogP contribution is -2.45. The smallest absolute Gasteiger partial charge is 0.291 e. The van der Waals surface area contributed by atoms with Crippen molar-refractivity contribution in [1.29, 1.82) is 0 Å². The van der Waals surface area contributed by atoms with E-state index in [-0.39, 0.29) is 18.0 Å². The van der Waals surface area contributed by atoms with Gasteiger partial charge < -0.3 is 13.9 Å². The molecule has 1 saturated heterocycles. The molecule has 1 fully saturated rings. The van der Waals surface area contributed by atoms with Crippen molar-refractivity contribution in [3.8, 4) is 0 Å². The van der Waals surface area contributed by atoms with E-state index in [0.717, 1.165) is 30.8 Å². The fraction of sp³-hybridized carbons (Fsp3) is 0.550. The Kier molecular flexibility index (Phi) is 4.32. The molecule has 0 saturated carbocycles. The number of aryl methyl sites for hydroxylation is 2. The number of aromatic nitrogens is 3. The van der Waals surface area contributed by atoms with E-state index in [1.807, 2.05) is 29.4 Å². The van der Waals surface area contributed by atoms with Gasteiger partial charge in [-0.2, -0.15) is 5.10 Å². The van der Waals surface area contributed by atoms with Crippen LogP contribution in [0.2, 0.25) is 0 Å². The number of fused-ring (bicyclic) bond motifs is 3. The molecule has 1 amide bonds. The quantitative estimate of drug-likeness (QED) is 0.711. The Morgan fingerprint density at radius 2 is 2.00 bits per heavy atom. The number of likely N-dealkylation sites (tertiary alicyclic amines) is 1. The van der Waals surface area contributed by atoms with Crippen LogP contribution in [0.3, 0.4) is 0 Å². The molecule has 1 aliphatic rings. The van der Waals surface area contributed by atoms with Crippen LogP contribution in [0.1, 0.15) is 33.0 Å². The summed E-state index contributed by atoms with van der Waals surface area (Å²) < 4.78 is 9.00. The molecule has 7 nitrogen and oxygen atoms in total. The van der Waals surface area contributed by atoms with E-state index in [4.69, 9.17) is 4.42 Å². The van der Waals surface area contributed by atoms with Crippen LogP contribution in [-0.2, 0) is 17.9 Å². The average molecular weight is 370 g/mol. The third kappa shape index (κ3) is 2.95. The maximum Gasteiger partial charge on any atom is 0.291 e. The van der Waals surface area contributed by atoms with E-state index in [1.54, 1.807) is 6.20 Å². The first-order valence-electron chi connectivity index (χ1n) is 9.65. The topological polar surface area (TPSA) is 73.3 Å². The summed E-state index contributed by atoms with van der Waals surface area (Å²) in [4.78, 5) is 27.7. The predicted octanol–water partition coefficient (Wildman–Crippen LogP) is 2.78. The second-order valence-electron chi connectivity index (χ2n) is 7.93. The molecule has 3 aromatic rings. The van der Waals surface area contributed by atoms with Crippen LogP contribution in [0.5, 0.6) is 0 Å². The molecular weight excluding hydrogens is 344 g/mol. The van der Waals surface area contributed by atoms with Gasteiger partial charge in [0.25, 0.3) is 5.56 Å². The van der Waals surface area contributed by atoms with Gasteiger partial charge in [-0.25, -0.2) is 4.68 Å². The first-order valence-corrected chi connectivity index (χ1v) is 9.65. The van der Waals surface area contributed by atoms with Crippen molar-refractivity contribution in [2.75, 3.05) is 13.1 Å². The number of furan rings is 1. The van der Waals surface area contributed by atoms with Gasteiger partial charge in [0.2, 0.25) is 5.91 Å². The maximum absolute atomic E-state index is 13.1. The minimum Gasteiger partial charge on any atom is -0.459 e. The number of hydrogen-bond donors (Lipinski definition) is 0. The molecule has 0 unspecified atom stereocenters. The van der Waals surface area contributed by atoms with Gasteiger partial charge in [-0.05, 0) is 32.1 Å². The number of piperidine rings is 1. The Morgan fingerprint density at radius 1 is 1.30 bits per heavy atom. The summed E-state index contributed by atoms with van der Waals surface area (Å²) >= 11 is 0. The lowest BCUT2D eigenvalue weighted by atomic mass is 9.92. The van der Waals surface area contributed by atoms with Crippen molar-refractivity contribution in [3.05, 3.63) is 28.4 Å². The highest BCUT2D eigenvalue weighted by molar-refractivity contribution is 6.04. The zero-order valence-corrected chi connectivity index (χ0v) is 16.4. The highest BCUT2D eigenvalue weighted by atomic mass is 16.3. The van der Waals surface area contributed by atoms with Crippen LogP contribution < -0.4 is 5.56 Å². The molecular formula is C20H26N4O3. The molecule has 4 rings (SSSR count). The second-order valence-corrected chi connectivity index (χ2v) is 7.93. The Bertz CT molecular complexity index is 1060. The zero-order chi connectivity index (χ0) is 19.3. The summed E-state index contributed by atoms with van der Waals surface area (Å²) in [6.07, 6.45) is 2.78. The zero-order valence-electron chi connectivity index (χ0n) is 16.4. The van der Waals surface area contributed by atoms with Crippen molar-refractivity contribution in [1.82, 2.24) is 19.2 Å². The minimum atomic E-state index is -0.246. The summed E-state index contributed by atoms with van der Waals surface area (Å²) in [6.45, 7) is 10.3. The number of rotatable bonds is 3. The number of amides is 1. The highest BCUT2D eigenvalue weighted by Crippen LogP contribution is 2.29. The van der Waals surface area contributed by atoms with Crippen LogP contribution in [0.4, 0.5) is 0 Å². The Balaban J connectivity index is 1.72. The van der Waals surface area contributed by atoms with E-state index in [2.05, 4.69) is 18.9 Å². The third-order valence-corrected chi connectivity index (χ3v) is 5.48. The Morgan fingerprint density at radius 3 is 2.67 bits per heavy atom. The van der Waals surface area contributed by atoms with Gasteiger partial charge in [-0.15, -0.1) is 0 Å². The molecule has 7 heteroatoms. The molecule has 0 aliphatic carbocycles. The normalized spacial score (nSPS) is 20.7. The van der Waals surface area contributed by atoms with Crippen LogP contribution in [0, 0.1) is 18.8 Å². The van der Waals surface area contributed by atoms with Crippen LogP contribution in [0.15, 0.2) is 21.5 Å². The second kappa shape index (κ2) is 6.55. The van der Waals surface area contributed by atoms with Crippen molar-refractivity contribution in [2.45, 2.75) is 47.2 Å². The van der Waals surface area contributed by atoms with Crippen molar-refractivity contribution >= 4 is 27.9 Å². The molecule has 4 heterocycles. The van der Waals surface area contributed by atoms with Crippen LogP contribution in [0.25, 0.3) is 22.0 Å². The van der Waals surface area contributed by atoms with E-state index in [1.165, 1.54) is 4.68 Å². The van der Waals surface area contributed by atoms with Gasteiger partial charge in [0.1, 0.15) is 17.8 Å². The molecule has 2 atom stereocenters. The largest absolute Gasteiger partial charge is 0.459 e. The third-order valence-electron chi connectivity index (χ3n) is 5.48. The summed E-state index contributed by atoms with van der Waals surface area (Å²) in [5.41, 5.74) is 1.89. The average Bonchev–Trinajstić information content (AvgIpc) is 3.11. The van der Waals surface area contributed by atoms with E-state index in [9.17, 15) is 9.59 Å². The summed E-state index contributed by atoms with van der Waals surface area (Å²) in [5, 5.41) is 4.97. The van der Waals surface area contributed by atoms with E-state index in [0.29, 0.717) is 34.9 Å². The van der Waals surface area contributed by atoms with E-state index < -0.39 is 0 Å². The lowest BCUT2D eigenvalue weighted by molar-refractivity contribution is -0.134. The van der Waals surface area contributed by atoms with Gasteiger partial charge in [0.15, 0.2) is 5.58 Å². The number of carbonyl (C=O) groups is 1. The fourth-order valence-electron chi connectivity index (χ4n) is 4.46. The first-order chi connectivity index (χ1) is 12.9. The molecule has 0 spiro atoms. The lowest BCUT2D eigenvalue weighted by Gasteiger charge is -2.35. The molecule has 0 radical (unpaired) electrons. The van der Waals surface area contributed by atoms with E-state index >= 15 is 0 Å². The molecule has 3 aromatic heterocycles. The van der Waals surface area contributed by atoms with Crippen molar-refractivity contribution < 1.29 is 9.21 Å². The number of carbonyl (C=O) groups excluding carboxylic acids is 1. The summed E-state index contributed by atoms with van der Waals surface area (Å²) in [5.74, 6) is 1.72. The Labute approximate surface area is 157 Å². The molecule has 144 valence electrons. The van der Waals surface area contributed by atoms with Gasteiger partial charge >= 0.3 is 0 Å². The van der Waals surface area contributed by atoms with Gasteiger partial charge in [0.05, 0.1) is 17.1 Å². The number of nitrogens with zero attached hydrogens (tertiary/aromatic N) is 4. The van der Waals surface area contributed by atoms with Crippen LogP contribution >= 0.6 is 0 Å². The summed E-state index contributed by atoms with van der Waals surface area (Å²) in [6, 6.07) is 1.93. The Hall–Kier alpha value is -2.57. The molecule has 0 N–H and O–H groups in total. The summed E-state index contributed by atoms with van der Waals surface area (Å²) in [7, 11) is 0. The molecule has 0 aromatic carbocycles. The van der Waals surface area contributed by atoms with Gasteiger partial charge in [-0.3, -0.25) is 9.59 Å². The number of hydrogen-bond acceptors (Lipinski definition) is 4. The molecule has 0 bridgehead atoms. The predicted molar refractivity (Wildman–Crippen MR) is 104 cm³/mol. The van der Waals surface area contributed by atoms with Gasteiger partial charge in [0, 0.05) is 25.7 Å². The van der Waals surface area contributed by atoms with Crippen molar-refractivity contribution in [3.63, 3.8) is 0 Å². The highest BCUT2D eigenvalue weighted by Gasteiger charge is 2.26. The maximum atomic E-state index is 13.1. The SMILES string of the molecule is CCn1c2cc(C)oc2c2cnn(CC(=O)N3C[C@H](C)C[C@H](C)C3)c(=O)c21. The minimum absolute atomic E-state index is 0.0243. The fourth-order valence-corrected chi connectivity index (χ4v) is 4.46. The molecule has 27 heavy (non-hydrogen) atoms. The molecule has 1 aliphatic heterocycles. The monoisotopic (exact) mass is 370 g/mol. The van der Waals surface area contributed by atoms with Crippen molar-refractivity contribution in [2.24, 2.45) is 11.8 Å².